The Morgan fingerprint density at radius 1 is 0.714 bits per heavy atom. The maximum absolute atomic E-state index is 11.4. The zero-order chi connectivity index (χ0) is 74.3. The van der Waals surface area contributed by atoms with Crippen molar-refractivity contribution < 1.29 is 74.4 Å². The van der Waals surface area contributed by atoms with Gasteiger partial charge in [-0.2, -0.15) is 31.4 Å². The molecule has 0 amide bonds. The van der Waals surface area contributed by atoms with Gasteiger partial charge in [-0.25, -0.2) is 12.3 Å². The summed E-state index contributed by atoms with van der Waals surface area (Å²) >= 11 is 0. The largest absolute Gasteiger partial charge is 2.00 e. The van der Waals surface area contributed by atoms with Crippen LogP contribution in [0, 0.1) is 41.4 Å². The first-order chi connectivity index (χ1) is 48.6. The van der Waals surface area contributed by atoms with E-state index in [9.17, 15) is 14.2 Å². The number of piperidine rings is 9. The molecule has 582 valence electrons. The predicted octanol–water partition coefficient (Wildman–Crippen LogP) is 11.9. The summed E-state index contributed by atoms with van der Waals surface area (Å²) in [5.41, 5.74) is 5.89. The van der Waals surface area contributed by atoms with Crippen molar-refractivity contribution >= 4 is 108 Å². The van der Waals surface area contributed by atoms with Crippen LogP contribution in [0.15, 0.2) is 129 Å². The second-order valence-corrected chi connectivity index (χ2v) is 37.7. The van der Waals surface area contributed by atoms with Crippen LogP contribution in [0.2, 0.25) is 0 Å². The molecule has 25 heteroatoms. The standard InChI is InChI=1S/C25H36N2O3S.C21H26N2O3S.C20H24N2O2.C6H15N.C4H8O.C4H9.Cl2OS.2ClH.Mg/c1-7-17-16-27-13-11-18(17)14-23(27)24(30-31(6,28)25(2,3)4)20-10-12-26-22-9-8-19(29-5)15-21(20)22;1-4-14-13-23-10-8-15(14)11-20(23)21(26-27(23,3)24)17-7-9-22-19-6-5-16(25-2)12-18(17)19;1-3-13-12-22-9-7-14(13)10-19(22)20(23)16-6-8-21-18-5-4-15(24-2)11-17(16)18;1-4-7(5-2)6-3;1-2-4-5-3-1;2*1-4(2)3;;;/h7-10,12,15,17-18,23-24,28H,1,11,13-14,16H2,2-6H3;4-7,9,12,14-15,20-21H,1,8,10-11,13H2,2-3H3;3-6,8,11,13-14,19-20,23H,1,7,9-10,12H2,2H3;4-6H2,1-3H3;1-4H2;1-3H3;;2*1H;/q;;;;;-1;;;;+2/p-1/t17?,18?,23?,24-;;13?,14?,19?,20-;;;;;;;/m1.1......./s1. The molecule has 17 rings (SSSR count). The molecule has 11 saturated heterocycles. The maximum Gasteiger partial charge on any atom is 2.00 e. The summed E-state index contributed by atoms with van der Waals surface area (Å²) in [7, 11) is 7.86. The number of quaternary nitrogens is 1. The minimum Gasteiger partial charge on any atom is -1.00 e. The first-order valence-electron chi connectivity index (χ1n) is 36.5. The van der Waals surface area contributed by atoms with E-state index in [0.29, 0.717) is 45.4 Å². The molecule has 3 aromatic heterocycles. The van der Waals surface area contributed by atoms with Crippen LogP contribution in [0.4, 0.5) is 0 Å². The van der Waals surface area contributed by atoms with Gasteiger partial charge in [0.2, 0.25) is 9.23 Å². The van der Waals surface area contributed by atoms with Gasteiger partial charge in [0.05, 0.1) is 55.0 Å². The molecule has 11 aliphatic rings. The molecule has 1 spiro atoms. The number of aromatic nitrogens is 3. The van der Waals surface area contributed by atoms with E-state index in [0.717, 1.165) is 145 Å². The zero-order valence-corrected chi connectivity index (χ0v) is 71.5. The van der Waals surface area contributed by atoms with E-state index in [1.807, 2.05) is 106 Å². The molecule has 3 N–H and O–H groups in total. The molecular formula is C80H119Cl4MgN7O10S3. The van der Waals surface area contributed by atoms with Crippen molar-refractivity contribution in [2.75, 3.05) is 106 Å². The van der Waals surface area contributed by atoms with E-state index in [4.69, 9.17) is 31.5 Å². The molecule has 105 heavy (non-hydrogen) atoms. The van der Waals surface area contributed by atoms with Crippen LogP contribution in [-0.4, -0.2) is 204 Å². The zero-order valence-electron chi connectivity index (χ0n) is 64.7. The van der Waals surface area contributed by atoms with Crippen LogP contribution in [0.5, 0.6) is 17.2 Å². The molecule has 11 aliphatic heterocycles. The van der Waals surface area contributed by atoms with Gasteiger partial charge in [0, 0.05) is 125 Å². The number of pyridine rings is 3. The molecular weight excluding hydrogens is 1480 g/mol. The van der Waals surface area contributed by atoms with Crippen molar-refractivity contribution in [3.63, 3.8) is 0 Å². The van der Waals surface area contributed by atoms with Crippen molar-refractivity contribution in [1.82, 2.24) is 29.7 Å². The minimum absolute atomic E-state index is 0. The smallest absolute Gasteiger partial charge is 1.00 e. The Balaban J connectivity index is 0.000000247. The van der Waals surface area contributed by atoms with Crippen molar-refractivity contribution in [3.8, 4) is 17.2 Å². The molecule has 14 heterocycles. The maximum atomic E-state index is 11.4. The summed E-state index contributed by atoms with van der Waals surface area (Å²) in [4.78, 5) is 20.9. The number of aliphatic hydroxyl groups is 1. The second kappa shape index (κ2) is 42.5. The third-order valence-corrected chi connectivity index (χ3v) is 27.6. The SMILES string of the molecule is C1CCOC1.C=CC1CN2CCC1CC2[C@H](O)c1ccnc2ccc(OC)cc12.C=CC1CN2CCC1CC2[C@H](OS(C)(O)C(C)(C)C)c1ccnc2ccc(OC)cc12.C=CC1C[N+]23CCC1CC2C(c1ccnc2ccc(OC)cc12)OS3(C)O.CCN(CC)CC.C[C-](C)C.O=S(Cl)Cl.[Cl-].[Cl-].[Mg+2]. The Kier molecular flexibility index (Phi) is 37.4. The summed E-state index contributed by atoms with van der Waals surface area (Å²) in [5, 5.41) is 14.2. The third kappa shape index (κ3) is 22.8. The quantitative estimate of drug-likeness (QED) is 0.0273. The van der Waals surface area contributed by atoms with Crippen LogP contribution in [0.3, 0.4) is 0 Å². The van der Waals surface area contributed by atoms with E-state index in [1.165, 1.54) is 51.2 Å². The van der Waals surface area contributed by atoms with E-state index in [-0.39, 0.29) is 76.9 Å². The van der Waals surface area contributed by atoms with Crippen molar-refractivity contribution in [2.24, 2.45) is 35.5 Å². The summed E-state index contributed by atoms with van der Waals surface area (Å²) in [6.45, 7) is 42.7. The molecule has 17 nitrogen and oxygen atoms in total. The Bertz CT molecular complexity index is 3710. The van der Waals surface area contributed by atoms with Gasteiger partial charge in [-0.05, 0) is 206 Å². The number of hydrogen-bond acceptors (Lipinski definition) is 16. The Morgan fingerprint density at radius 2 is 1.14 bits per heavy atom. The molecule has 3 aromatic carbocycles. The number of ether oxygens (including phenoxy) is 4. The van der Waals surface area contributed by atoms with Crippen molar-refractivity contribution in [2.45, 2.75) is 155 Å². The monoisotopic (exact) mass is 1600 g/mol. The fourth-order valence-corrected chi connectivity index (χ4v) is 19.4. The summed E-state index contributed by atoms with van der Waals surface area (Å²) in [6.07, 6.45) is 24.0. The number of methoxy groups -OCH3 is 3. The number of rotatable bonds is 16. The number of fused-ring (bicyclic) bond motifs is 11. The number of halogens is 4. The number of nitrogens with zero attached hydrogens (tertiary/aromatic N) is 7. The fraction of sp³-hybridized carbons (Fsp3) is 0.575. The van der Waals surface area contributed by atoms with Crippen LogP contribution >= 0.6 is 42.7 Å². The molecule has 15 unspecified atom stereocenters. The molecule has 0 radical (unpaired) electrons. The Hall–Kier alpha value is -3.11. The number of hydrogen-bond donors (Lipinski definition) is 3. The van der Waals surface area contributed by atoms with Crippen LogP contribution in [0.25, 0.3) is 32.7 Å². The summed E-state index contributed by atoms with van der Waals surface area (Å²) < 4.78 is 66.8. The van der Waals surface area contributed by atoms with Gasteiger partial charge < -0.3 is 59.7 Å². The average Bonchev–Trinajstić information content (AvgIpc) is 1.55. The predicted molar refractivity (Wildman–Crippen MR) is 433 cm³/mol. The molecule has 0 aliphatic carbocycles. The Labute approximate surface area is 671 Å². The van der Waals surface area contributed by atoms with Gasteiger partial charge in [-0.1, -0.05) is 49.8 Å². The fourth-order valence-electron chi connectivity index (χ4n) is 16.1. The van der Waals surface area contributed by atoms with Gasteiger partial charge in [-0.3, -0.25) is 38.0 Å². The number of aliphatic hydroxyl groups excluding tert-OH is 1. The topological polar surface area (TPSA) is 182 Å². The average molecular weight is 1600 g/mol. The van der Waals surface area contributed by atoms with E-state index >= 15 is 0 Å². The third-order valence-electron chi connectivity index (χ3n) is 22.3. The van der Waals surface area contributed by atoms with Gasteiger partial charge in [0.1, 0.15) is 42.5 Å². The molecule has 6 bridgehead atoms. The van der Waals surface area contributed by atoms with Crippen LogP contribution in [-0.2, 0) is 22.3 Å². The first-order valence-corrected chi connectivity index (χ1v) is 43.1. The van der Waals surface area contributed by atoms with E-state index in [2.05, 4.69) is 143 Å². The van der Waals surface area contributed by atoms with E-state index < -0.39 is 36.7 Å². The Morgan fingerprint density at radius 3 is 1.55 bits per heavy atom. The van der Waals surface area contributed by atoms with E-state index in [1.54, 1.807) is 27.5 Å². The van der Waals surface area contributed by atoms with Crippen LogP contribution < -0.4 is 39.0 Å². The first kappa shape index (κ1) is 92.5. The second-order valence-electron chi connectivity index (χ2n) is 29.7. The molecule has 17 atom stereocenters. The summed E-state index contributed by atoms with van der Waals surface area (Å²) in [6, 6.07) is 24.5. The van der Waals surface area contributed by atoms with Gasteiger partial charge in [-0.15, -0.1) is 19.7 Å². The van der Waals surface area contributed by atoms with Crippen LogP contribution in [0.1, 0.15) is 149 Å². The molecule has 11 fully saturated rings. The van der Waals surface area contributed by atoms with Gasteiger partial charge in [0.25, 0.3) is 0 Å². The molecule has 0 saturated carbocycles. The van der Waals surface area contributed by atoms with Gasteiger partial charge >= 0.3 is 23.1 Å². The number of benzene rings is 3. The van der Waals surface area contributed by atoms with Gasteiger partial charge in [0.15, 0.2) is 6.10 Å². The van der Waals surface area contributed by atoms with Crippen molar-refractivity contribution in [1.29, 1.82) is 0 Å². The summed E-state index contributed by atoms with van der Waals surface area (Å²) in [5.74, 6) is 7.32. The minimum atomic E-state index is -2.31. The normalized spacial score (nSPS) is 29.2. The van der Waals surface area contributed by atoms with Crippen molar-refractivity contribution in [3.05, 3.63) is 152 Å². The molecule has 6 aromatic rings.